The Morgan fingerprint density at radius 3 is 2.50 bits per heavy atom. The molecule has 1 aliphatic rings. The van der Waals surface area contributed by atoms with Crippen molar-refractivity contribution in [3.8, 4) is 5.75 Å². The van der Waals surface area contributed by atoms with Crippen molar-refractivity contribution in [3.63, 3.8) is 0 Å². The summed E-state index contributed by atoms with van der Waals surface area (Å²) in [5.74, 6) is 1.93. The van der Waals surface area contributed by atoms with E-state index in [1.165, 1.54) is 0 Å². The fraction of sp³-hybridized carbons (Fsp3) is 0.421. The number of carbonyl (C=O) groups excluding carboxylic acids is 1. The molecule has 26 heavy (non-hydrogen) atoms. The molecule has 2 aromatic rings. The Morgan fingerprint density at radius 1 is 1.08 bits per heavy atom. The van der Waals surface area contributed by atoms with Crippen molar-refractivity contribution < 1.29 is 9.53 Å². The zero-order valence-electron chi connectivity index (χ0n) is 15.1. The topological polar surface area (TPSA) is 70.6 Å². The molecule has 1 aliphatic heterocycles. The number of para-hydroxylation sites is 1. The van der Waals surface area contributed by atoms with E-state index in [-0.39, 0.29) is 12.3 Å². The van der Waals surface area contributed by atoms with Crippen molar-refractivity contribution >= 4 is 17.5 Å². The first-order valence-corrected chi connectivity index (χ1v) is 9.03. The second kappa shape index (κ2) is 9.15. The first-order chi connectivity index (χ1) is 12.7. The highest BCUT2D eigenvalue weighted by molar-refractivity contribution is 5.89. The number of hydrogen-bond donors (Lipinski definition) is 1. The monoisotopic (exact) mass is 355 g/mol. The standard InChI is InChI=1S/C19H25N5O2/c1-2-23-11-13-24(14-12-23)18-9-8-17(21-22-18)20-19(25)10-15-26-16-6-4-3-5-7-16/h3-9H,2,10-15H2,1H3,(H,20,21,25). The molecule has 0 radical (unpaired) electrons. The molecule has 1 fully saturated rings. The van der Waals surface area contributed by atoms with Crippen LogP contribution in [-0.4, -0.2) is 60.3 Å². The van der Waals surface area contributed by atoms with Crippen LogP contribution in [0.25, 0.3) is 0 Å². The van der Waals surface area contributed by atoms with E-state index in [4.69, 9.17) is 4.74 Å². The van der Waals surface area contributed by atoms with Crippen LogP contribution in [0.15, 0.2) is 42.5 Å². The Balaban J connectivity index is 1.43. The van der Waals surface area contributed by atoms with Gasteiger partial charge in [-0.2, -0.15) is 0 Å². The van der Waals surface area contributed by atoms with E-state index in [0.29, 0.717) is 12.4 Å². The molecule has 0 atom stereocenters. The van der Waals surface area contributed by atoms with Gasteiger partial charge in [-0.25, -0.2) is 0 Å². The third kappa shape index (κ3) is 5.16. The molecule has 138 valence electrons. The van der Waals surface area contributed by atoms with Gasteiger partial charge in [0.15, 0.2) is 11.6 Å². The lowest BCUT2D eigenvalue weighted by Crippen LogP contribution is -2.46. The van der Waals surface area contributed by atoms with Gasteiger partial charge in [0.1, 0.15) is 5.75 Å². The lowest BCUT2D eigenvalue weighted by molar-refractivity contribution is -0.116. The van der Waals surface area contributed by atoms with Gasteiger partial charge in [0.25, 0.3) is 0 Å². The summed E-state index contributed by atoms with van der Waals surface area (Å²) in [4.78, 5) is 16.6. The highest BCUT2D eigenvalue weighted by atomic mass is 16.5. The lowest BCUT2D eigenvalue weighted by Gasteiger charge is -2.34. The Hall–Kier alpha value is -2.67. The van der Waals surface area contributed by atoms with Crippen LogP contribution < -0.4 is 15.0 Å². The molecule has 1 amide bonds. The smallest absolute Gasteiger partial charge is 0.229 e. The Labute approximate surface area is 154 Å². The largest absolute Gasteiger partial charge is 0.493 e. The van der Waals surface area contributed by atoms with Crippen LogP contribution in [0.3, 0.4) is 0 Å². The number of hydrogen-bond acceptors (Lipinski definition) is 6. The quantitative estimate of drug-likeness (QED) is 0.819. The van der Waals surface area contributed by atoms with E-state index in [1.54, 1.807) is 6.07 Å². The summed E-state index contributed by atoms with van der Waals surface area (Å²) >= 11 is 0. The molecule has 0 spiro atoms. The number of benzene rings is 1. The predicted octanol–water partition coefficient (Wildman–Crippen LogP) is 2.03. The van der Waals surface area contributed by atoms with Gasteiger partial charge >= 0.3 is 0 Å². The predicted molar refractivity (Wildman–Crippen MR) is 102 cm³/mol. The minimum Gasteiger partial charge on any atom is -0.493 e. The summed E-state index contributed by atoms with van der Waals surface area (Å²) in [6, 6.07) is 13.1. The van der Waals surface area contributed by atoms with Gasteiger partial charge in [0.2, 0.25) is 5.91 Å². The number of amides is 1. The van der Waals surface area contributed by atoms with Crippen molar-refractivity contribution in [2.24, 2.45) is 0 Å². The van der Waals surface area contributed by atoms with E-state index >= 15 is 0 Å². The Morgan fingerprint density at radius 2 is 1.85 bits per heavy atom. The summed E-state index contributed by atoms with van der Waals surface area (Å²) in [6.07, 6.45) is 0.261. The number of ether oxygens (including phenoxy) is 1. The van der Waals surface area contributed by atoms with E-state index in [0.717, 1.165) is 44.3 Å². The zero-order valence-corrected chi connectivity index (χ0v) is 15.1. The first kappa shape index (κ1) is 18.1. The average molecular weight is 355 g/mol. The highest BCUT2D eigenvalue weighted by Crippen LogP contribution is 2.14. The molecule has 0 bridgehead atoms. The van der Waals surface area contributed by atoms with Crippen LogP contribution in [0.2, 0.25) is 0 Å². The lowest BCUT2D eigenvalue weighted by atomic mass is 10.3. The molecular formula is C19H25N5O2. The molecule has 3 rings (SSSR count). The van der Waals surface area contributed by atoms with Crippen molar-refractivity contribution in [1.29, 1.82) is 0 Å². The number of nitrogens with one attached hydrogen (secondary N) is 1. The van der Waals surface area contributed by atoms with Crippen molar-refractivity contribution in [1.82, 2.24) is 15.1 Å². The summed E-state index contributed by atoms with van der Waals surface area (Å²) in [7, 11) is 0. The van der Waals surface area contributed by atoms with Gasteiger partial charge < -0.3 is 19.9 Å². The van der Waals surface area contributed by atoms with Gasteiger partial charge in [-0.15, -0.1) is 10.2 Å². The maximum atomic E-state index is 12.0. The van der Waals surface area contributed by atoms with E-state index in [9.17, 15) is 4.79 Å². The van der Waals surface area contributed by atoms with Gasteiger partial charge in [-0.05, 0) is 30.8 Å². The fourth-order valence-corrected chi connectivity index (χ4v) is 2.84. The molecule has 7 nitrogen and oxygen atoms in total. The van der Waals surface area contributed by atoms with Gasteiger partial charge in [-0.3, -0.25) is 4.79 Å². The molecule has 7 heteroatoms. The second-order valence-corrected chi connectivity index (χ2v) is 6.16. The third-order valence-corrected chi connectivity index (χ3v) is 4.40. The van der Waals surface area contributed by atoms with Crippen molar-refractivity contribution in [2.75, 3.05) is 49.5 Å². The molecule has 0 aliphatic carbocycles. The summed E-state index contributed by atoms with van der Waals surface area (Å²) in [6.45, 7) is 7.56. The zero-order chi connectivity index (χ0) is 18.2. The molecule has 0 saturated carbocycles. The fourth-order valence-electron chi connectivity index (χ4n) is 2.84. The summed E-state index contributed by atoms with van der Waals surface area (Å²) in [5, 5.41) is 11.1. The third-order valence-electron chi connectivity index (χ3n) is 4.40. The van der Waals surface area contributed by atoms with Crippen LogP contribution in [0, 0.1) is 0 Å². The first-order valence-electron chi connectivity index (χ1n) is 9.03. The molecule has 2 heterocycles. The maximum Gasteiger partial charge on any atom is 0.229 e. The Kier molecular flexibility index (Phi) is 6.38. The van der Waals surface area contributed by atoms with E-state index in [2.05, 4.69) is 32.2 Å². The molecule has 1 aromatic heterocycles. The second-order valence-electron chi connectivity index (χ2n) is 6.16. The molecule has 1 saturated heterocycles. The number of aromatic nitrogens is 2. The number of likely N-dealkylation sites (N-methyl/N-ethyl adjacent to an activating group) is 1. The van der Waals surface area contributed by atoms with Crippen LogP contribution in [0.1, 0.15) is 13.3 Å². The number of nitrogens with zero attached hydrogens (tertiary/aromatic N) is 4. The van der Waals surface area contributed by atoms with Crippen LogP contribution in [-0.2, 0) is 4.79 Å². The number of anilines is 2. The number of piperazine rings is 1. The molecule has 1 aromatic carbocycles. The van der Waals surface area contributed by atoms with Crippen LogP contribution in [0.4, 0.5) is 11.6 Å². The SMILES string of the molecule is CCN1CCN(c2ccc(NC(=O)CCOc3ccccc3)nn2)CC1. The van der Waals surface area contributed by atoms with E-state index in [1.807, 2.05) is 36.4 Å². The van der Waals surface area contributed by atoms with Gasteiger partial charge in [-0.1, -0.05) is 25.1 Å². The minimum absolute atomic E-state index is 0.139. The summed E-state index contributed by atoms with van der Waals surface area (Å²) in [5.41, 5.74) is 0. The Bertz CT molecular complexity index is 685. The maximum absolute atomic E-state index is 12.0. The molecular weight excluding hydrogens is 330 g/mol. The molecule has 0 unspecified atom stereocenters. The van der Waals surface area contributed by atoms with Crippen molar-refractivity contribution in [3.05, 3.63) is 42.5 Å². The highest BCUT2D eigenvalue weighted by Gasteiger charge is 2.17. The van der Waals surface area contributed by atoms with Crippen LogP contribution in [0.5, 0.6) is 5.75 Å². The average Bonchev–Trinajstić information content (AvgIpc) is 2.69. The van der Waals surface area contributed by atoms with Gasteiger partial charge in [0.05, 0.1) is 13.0 Å². The number of rotatable bonds is 7. The molecule has 1 N–H and O–H groups in total. The minimum atomic E-state index is -0.139. The van der Waals surface area contributed by atoms with Crippen LogP contribution >= 0.6 is 0 Å². The number of carbonyl (C=O) groups is 1. The van der Waals surface area contributed by atoms with Gasteiger partial charge in [0, 0.05) is 26.2 Å². The normalized spacial score (nSPS) is 14.9. The summed E-state index contributed by atoms with van der Waals surface area (Å²) < 4.78 is 5.52. The van der Waals surface area contributed by atoms with E-state index < -0.39 is 0 Å². The van der Waals surface area contributed by atoms with Crippen molar-refractivity contribution in [2.45, 2.75) is 13.3 Å².